The van der Waals surface area contributed by atoms with Crippen molar-refractivity contribution in [1.29, 1.82) is 0 Å². The van der Waals surface area contributed by atoms with Crippen molar-refractivity contribution in [2.45, 2.75) is 46.3 Å². The maximum Gasteiger partial charge on any atom is 0.243 e. The average molecular weight is 356 g/mol. The summed E-state index contributed by atoms with van der Waals surface area (Å²) in [5.74, 6) is 1.24. The normalized spacial score (nSPS) is 14.7. The van der Waals surface area contributed by atoms with Gasteiger partial charge in [-0.05, 0) is 38.5 Å². The Kier molecular flexibility index (Phi) is 5.25. The van der Waals surface area contributed by atoms with Crippen molar-refractivity contribution in [3.8, 4) is 5.75 Å². The Morgan fingerprint density at radius 3 is 2.77 bits per heavy atom. The summed E-state index contributed by atoms with van der Waals surface area (Å²) in [6.45, 7) is 7.13. The van der Waals surface area contributed by atoms with E-state index in [2.05, 4.69) is 10.4 Å². The lowest BCUT2D eigenvalue weighted by Gasteiger charge is -2.31. The molecule has 0 radical (unpaired) electrons. The van der Waals surface area contributed by atoms with Crippen LogP contribution in [0, 0.1) is 6.92 Å². The number of amides is 2. The van der Waals surface area contributed by atoms with E-state index in [1.165, 1.54) is 4.90 Å². The summed E-state index contributed by atoms with van der Waals surface area (Å²) in [5.41, 5.74) is 1.81. The van der Waals surface area contributed by atoms with Gasteiger partial charge in [-0.2, -0.15) is 5.10 Å². The summed E-state index contributed by atoms with van der Waals surface area (Å²) in [5, 5.41) is 7.28. The molecule has 1 N–H and O–H groups in total. The van der Waals surface area contributed by atoms with Gasteiger partial charge in [-0.3, -0.25) is 14.5 Å². The van der Waals surface area contributed by atoms with Crippen LogP contribution in [0.4, 0.5) is 5.82 Å². The fraction of sp³-hybridized carbons (Fsp3) is 0.421. The molecule has 7 nitrogen and oxygen atoms in total. The number of fused-ring (bicyclic) bond motifs is 1. The molecule has 3 rings (SSSR count). The van der Waals surface area contributed by atoms with Crippen molar-refractivity contribution in [3.05, 3.63) is 41.6 Å². The molecule has 1 aromatic carbocycles. The number of nitrogens with one attached hydrogen (secondary N) is 1. The van der Waals surface area contributed by atoms with Crippen molar-refractivity contribution in [2.75, 3.05) is 11.5 Å². The molecule has 0 aliphatic carbocycles. The van der Waals surface area contributed by atoms with Gasteiger partial charge in [0.15, 0.2) is 0 Å². The van der Waals surface area contributed by atoms with Gasteiger partial charge in [0.1, 0.15) is 17.6 Å². The van der Waals surface area contributed by atoms with Gasteiger partial charge >= 0.3 is 0 Å². The lowest BCUT2D eigenvalue weighted by molar-refractivity contribution is -0.126. The standard InChI is InChI=1S/C19H24N4O3/c1-4-26-16-7-5-15(6-8-16)12-20-19(25)14(3)23-17-11-13(2)21-22(17)10-9-18(23)24/h5-8,11,14H,4,9-10,12H2,1-3H3,(H,20,25)/t14-/m0/s1. The summed E-state index contributed by atoms with van der Waals surface area (Å²) < 4.78 is 7.20. The third-order valence-corrected chi connectivity index (χ3v) is 4.40. The highest BCUT2D eigenvalue weighted by Gasteiger charge is 2.32. The number of carbonyl (C=O) groups excluding carboxylic acids is 2. The monoisotopic (exact) mass is 356 g/mol. The zero-order valence-electron chi connectivity index (χ0n) is 15.4. The summed E-state index contributed by atoms with van der Waals surface area (Å²) in [6, 6.07) is 8.84. The summed E-state index contributed by atoms with van der Waals surface area (Å²) in [7, 11) is 0. The molecule has 0 saturated carbocycles. The minimum atomic E-state index is -0.597. The van der Waals surface area contributed by atoms with Gasteiger partial charge in [0, 0.05) is 19.0 Å². The Morgan fingerprint density at radius 2 is 2.08 bits per heavy atom. The Hall–Kier alpha value is -2.83. The van der Waals surface area contributed by atoms with Gasteiger partial charge in [0.2, 0.25) is 11.8 Å². The average Bonchev–Trinajstić information content (AvgIpc) is 3.00. The number of aromatic nitrogens is 2. The lowest BCUT2D eigenvalue weighted by Crippen LogP contribution is -2.50. The van der Waals surface area contributed by atoms with Crippen molar-refractivity contribution in [3.63, 3.8) is 0 Å². The van der Waals surface area contributed by atoms with E-state index < -0.39 is 6.04 Å². The molecule has 1 atom stereocenters. The van der Waals surface area contributed by atoms with E-state index >= 15 is 0 Å². The van der Waals surface area contributed by atoms with E-state index in [-0.39, 0.29) is 11.8 Å². The van der Waals surface area contributed by atoms with Gasteiger partial charge < -0.3 is 10.1 Å². The SMILES string of the molecule is CCOc1ccc(CNC(=O)[C@H](C)N2C(=O)CCn3nc(C)cc32)cc1. The number of rotatable bonds is 6. The van der Waals surface area contributed by atoms with Crippen LogP contribution >= 0.6 is 0 Å². The Morgan fingerprint density at radius 1 is 1.35 bits per heavy atom. The van der Waals surface area contributed by atoms with E-state index in [0.29, 0.717) is 31.9 Å². The summed E-state index contributed by atoms with van der Waals surface area (Å²) >= 11 is 0. The van der Waals surface area contributed by atoms with Crippen molar-refractivity contribution in [2.24, 2.45) is 0 Å². The molecule has 0 saturated heterocycles. The van der Waals surface area contributed by atoms with Crippen LogP contribution < -0.4 is 15.0 Å². The molecule has 1 aliphatic rings. The highest BCUT2D eigenvalue weighted by Crippen LogP contribution is 2.24. The maximum atomic E-state index is 12.6. The number of benzene rings is 1. The van der Waals surface area contributed by atoms with Crippen LogP contribution in [-0.4, -0.2) is 34.2 Å². The Balaban J connectivity index is 1.65. The number of ether oxygens (including phenoxy) is 1. The highest BCUT2D eigenvalue weighted by molar-refractivity contribution is 6.00. The van der Waals surface area contributed by atoms with Gasteiger partial charge in [-0.15, -0.1) is 0 Å². The molecule has 2 heterocycles. The van der Waals surface area contributed by atoms with Crippen LogP contribution in [0.5, 0.6) is 5.75 Å². The molecule has 0 fully saturated rings. The minimum absolute atomic E-state index is 0.0545. The Bertz CT molecular complexity index is 798. The summed E-state index contributed by atoms with van der Waals surface area (Å²) in [6.07, 6.45) is 0.352. The van der Waals surface area contributed by atoms with Crippen LogP contribution in [0.15, 0.2) is 30.3 Å². The molecule has 0 spiro atoms. The van der Waals surface area contributed by atoms with E-state index in [0.717, 1.165) is 17.0 Å². The topological polar surface area (TPSA) is 76.5 Å². The van der Waals surface area contributed by atoms with Gasteiger partial charge in [0.05, 0.1) is 18.8 Å². The van der Waals surface area contributed by atoms with E-state index in [4.69, 9.17) is 4.74 Å². The molecule has 2 amide bonds. The molecule has 1 aromatic heterocycles. The molecule has 0 bridgehead atoms. The van der Waals surface area contributed by atoms with E-state index in [1.54, 1.807) is 11.6 Å². The van der Waals surface area contributed by atoms with Gasteiger partial charge in [0.25, 0.3) is 0 Å². The molecular weight excluding hydrogens is 332 g/mol. The van der Waals surface area contributed by atoms with Crippen molar-refractivity contribution >= 4 is 17.6 Å². The Labute approximate surface area is 152 Å². The predicted octanol–water partition coefficient (Wildman–Crippen LogP) is 2.03. The van der Waals surface area contributed by atoms with Crippen LogP contribution in [0.3, 0.4) is 0 Å². The number of nitrogens with zero attached hydrogens (tertiary/aromatic N) is 3. The maximum absolute atomic E-state index is 12.6. The van der Waals surface area contributed by atoms with E-state index in [1.807, 2.05) is 44.2 Å². The fourth-order valence-electron chi connectivity index (χ4n) is 3.08. The largest absolute Gasteiger partial charge is 0.494 e. The molecule has 26 heavy (non-hydrogen) atoms. The molecule has 1 aliphatic heterocycles. The molecule has 0 unspecified atom stereocenters. The van der Waals surface area contributed by atoms with Crippen molar-refractivity contribution in [1.82, 2.24) is 15.1 Å². The molecule has 138 valence electrons. The first-order valence-corrected chi connectivity index (χ1v) is 8.85. The molecular formula is C19H24N4O3. The van der Waals surface area contributed by atoms with Gasteiger partial charge in [-0.1, -0.05) is 12.1 Å². The second-order valence-electron chi connectivity index (χ2n) is 6.35. The first kappa shape index (κ1) is 18.0. The zero-order valence-corrected chi connectivity index (χ0v) is 15.4. The lowest BCUT2D eigenvalue weighted by atomic mass is 10.1. The third-order valence-electron chi connectivity index (χ3n) is 4.40. The number of anilines is 1. The van der Waals surface area contributed by atoms with Crippen LogP contribution in [0.1, 0.15) is 31.5 Å². The van der Waals surface area contributed by atoms with Crippen LogP contribution in [0.25, 0.3) is 0 Å². The summed E-state index contributed by atoms with van der Waals surface area (Å²) in [4.78, 5) is 26.5. The third kappa shape index (κ3) is 3.71. The number of hydrogen-bond acceptors (Lipinski definition) is 4. The predicted molar refractivity (Wildman–Crippen MR) is 98.0 cm³/mol. The number of carbonyl (C=O) groups is 2. The first-order chi connectivity index (χ1) is 12.5. The van der Waals surface area contributed by atoms with Crippen LogP contribution in [-0.2, 0) is 22.7 Å². The van der Waals surface area contributed by atoms with Gasteiger partial charge in [-0.25, -0.2) is 4.68 Å². The first-order valence-electron chi connectivity index (χ1n) is 8.85. The zero-order chi connectivity index (χ0) is 18.7. The smallest absolute Gasteiger partial charge is 0.243 e. The fourth-order valence-corrected chi connectivity index (χ4v) is 3.08. The number of aryl methyl sites for hydroxylation is 2. The van der Waals surface area contributed by atoms with Crippen molar-refractivity contribution < 1.29 is 14.3 Å². The highest BCUT2D eigenvalue weighted by atomic mass is 16.5. The molecule has 2 aromatic rings. The van der Waals surface area contributed by atoms with E-state index in [9.17, 15) is 9.59 Å². The quantitative estimate of drug-likeness (QED) is 0.859. The van der Waals surface area contributed by atoms with Crippen LogP contribution in [0.2, 0.25) is 0 Å². The molecule has 7 heteroatoms. The second-order valence-corrected chi connectivity index (χ2v) is 6.35. The minimum Gasteiger partial charge on any atom is -0.494 e. The second kappa shape index (κ2) is 7.59. The number of hydrogen-bond donors (Lipinski definition) is 1.